The topological polar surface area (TPSA) is 51.5 Å². The molecule has 1 saturated heterocycles. The second kappa shape index (κ2) is 7.17. The Morgan fingerprint density at radius 3 is 2.43 bits per heavy atom. The number of hydrogen-bond acceptors (Lipinski definition) is 3. The average molecular weight is 400 g/mol. The zero-order chi connectivity index (χ0) is 19.9. The van der Waals surface area contributed by atoms with Gasteiger partial charge in [0.1, 0.15) is 5.82 Å². The molecule has 0 bridgehead atoms. The van der Waals surface area contributed by atoms with Gasteiger partial charge in [-0.15, -0.1) is 0 Å². The molecule has 0 spiro atoms. The largest absolute Gasteiger partial charge is 0.370 e. The van der Waals surface area contributed by atoms with Gasteiger partial charge in [0, 0.05) is 19.2 Å². The van der Waals surface area contributed by atoms with Crippen LogP contribution in [0.2, 0.25) is 0 Å². The van der Waals surface area contributed by atoms with Crippen LogP contribution >= 0.6 is 0 Å². The number of aromatic nitrogens is 1. The van der Waals surface area contributed by atoms with E-state index in [1.807, 2.05) is 19.9 Å². The van der Waals surface area contributed by atoms with E-state index in [2.05, 4.69) is 9.88 Å². The summed E-state index contributed by atoms with van der Waals surface area (Å²) in [4.78, 5) is 5.61. The molecule has 1 fully saturated rings. The van der Waals surface area contributed by atoms with E-state index in [0.717, 1.165) is 49.0 Å². The minimum atomic E-state index is -3.76. The summed E-state index contributed by atoms with van der Waals surface area (Å²) < 4.78 is 41.1. The van der Waals surface area contributed by atoms with Crippen molar-refractivity contribution in [2.75, 3.05) is 18.0 Å². The summed E-state index contributed by atoms with van der Waals surface area (Å²) in [5.74, 6) is -0.375. The number of nitrogens with one attached hydrogen (secondary N) is 1. The number of benzene rings is 2. The fourth-order valence-corrected chi connectivity index (χ4v) is 5.38. The fraction of sp³-hybridized carbons (Fsp3) is 0.318. The third kappa shape index (κ3) is 3.26. The van der Waals surface area contributed by atoms with Crippen molar-refractivity contribution in [3.05, 3.63) is 59.5 Å². The molecule has 4 nitrogen and oxygen atoms in total. The number of pyridine rings is 1. The molecule has 28 heavy (non-hydrogen) atoms. The molecule has 0 radical (unpaired) electrons. The fourth-order valence-electron chi connectivity index (χ4n) is 3.84. The zero-order valence-electron chi connectivity index (χ0n) is 16.1. The van der Waals surface area contributed by atoms with Crippen molar-refractivity contribution >= 4 is 26.4 Å². The van der Waals surface area contributed by atoms with Gasteiger partial charge in [0.2, 0.25) is 15.4 Å². The molecule has 146 valence electrons. The second-order valence-corrected chi connectivity index (χ2v) is 9.41. The lowest BCUT2D eigenvalue weighted by Crippen LogP contribution is -2.31. The first-order valence-corrected chi connectivity index (χ1v) is 11.1. The Balaban J connectivity index is 1.98. The second-order valence-electron chi connectivity index (χ2n) is 7.49. The normalized spacial score (nSPS) is 15.2. The summed E-state index contributed by atoms with van der Waals surface area (Å²) in [6.45, 7) is 5.40. The van der Waals surface area contributed by atoms with Gasteiger partial charge >= 0.3 is 0 Å². The molecule has 1 aliphatic rings. The number of halogens is 1. The van der Waals surface area contributed by atoms with Gasteiger partial charge in [-0.25, -0.2) is 17.8 Å². The van der Waals surface area contributed by atoms with Crippen LogP contribution < -0.4 is 9.88 Å². The van der Waals surface area contributed by atoms with Crippen molar-refractivity contribution in [2.24, 2.45) is 0 Å². The van der Waals surface area contributed by atoms with Crippen molar-refractivity contribution in [3.63, 3.8) is 0 Å². The Kier molecular flexibility index (Phi) is 4.83. The molecular weight excluding hydrogens is 375 g/mol. The van der Waals surface area contributed by atoms with E-state index in [4.69, 9.17) is 0 Å². The number of rotatable bonds is 3. The van der Waals surface area contributed by atoms with Crippen molar-refractivity contribution in [1.29, 1.82) is 0 Å². The van der Waals surface area contributed by atoms with Crippen molar-refractivity contribution in [3.8, 4) is 0 Å². The number of H-pyrrole nitrogens is 1. The molecule has 0 atom stereocenters. The van der Waals surface area contributed by atoms with Gasteiger partial charge in [-0.2, -0.15) is 0 Å². The van der Waals surface area contributed by atoms with Crippen molar-refractivity contribution in [2.45, 2.75) is 42.9 Å². The predicted molar refractivity (Wildman–Crippen MR) is 108 cm³/mol. The minimum absolute atomic E-state index is 0.204. The van der Waals surface area contributed by atoms with Gasteiger partial charge in [-0.05, 0) is 68.5 Å². The maximum absolute atomic E-state index is 14.1. The summed E-state index contributed by atoms with van der Waals surface area (Å²) >= 11 is 0. The van der Waals surface area contributed by atoms with E-state index >= 15 is 0 Å². The molecule has 0 aliphatic carbocycles. The van der Waals surface area contributed by atoms with Gasteiger partial charge in [0.15, 0.2) is 11.1 Å². The average Bonchev–Trinajstić information content (AvgIpc) is 2.69. The highest BCUT2D eigenvalue weighted by Gasteiger charge is 2.30. The van der Waals surface area contributed by atoms with E-state index in [0.29, 0.717) is 11.1 Å². The number of hydrogen-bond donors (Lipinski definition) is 0. The van der Waals surface area contributed by atoms with Gasteiger partial charge in [0.05, 0.1) is 16.0 Å². The van der Waals surface area contributed by atoms with Crippen LogP contribution in [0.25, 0.3) is 10.9 Å². The number of fused-ring (bicyclic) bond motifs is 1. The summed E-state index contributed by atoms with van der Waals surface area (Å²) in [5, 5.41) is 0.604. The predicted octanol–water partition coefficient (Wildman–Crippen LogP) is 4.23. The maximum atomic E-state index is 14.1. The molecular formula is C22H24FN2O2S+. The Hall–Kier alpha value is -2.47. The first-order valence-electron chi connectivity index (χ1n) is 9.59. The van der Waals surface area contributed by atoms with E-state index in [1.54, 1.807) is 24.4 Å². The van der Waals surface area contributed by atoms with E-state index in [1.165, 1.54) is 12.1 Å². The molecule has 6 heteroatoms. The number of aryl methyl sites for hydroxylation is 2. The Bertz CT molecular complexity index is 1150. The number of sulfone groups is 1. The van der Waals surface area contributed by atoms with Gasteiger partial charge in [-0.1, -0.05) is 6.07 Å². The van der Waals surface area contributed by atoms with Crippen LogP contribution in [0.3, 0.4) is 0 Å². The third-order valence-corrected chi connectivity index (χ3v) is 7.34. The molecule has 1 aliphatic heterocycles. The molecule has 3 aromatic rings. The summed E-state index contributed by atoms with van der Waals surface area (Å²) in [7, 11) is -3.76. The quantitative estimate of drug-likeness (QED) is 0.662. The lowest BCUT2D eigenvalue weighted by Gasteiger charge is -2.30. The van der Waals surface area contributed by atoms with E-state index in [9.17, 15) is 12.8 Å². The monoisotopic (exact) mass is 399 g/mol. The van der Waals surface area contributed by atoms with Crippen LogP contribution in [0.5, 0.6) is 0 Å². The van der Waals surface area contributed by atoms with Gasteiger partial charge in [-0.3, -0.25) is 0 Å². The SMILES string of the molecule is Cc1ccc(S(=O)(=O)c2c[nH+]c3ccc(F)cc3c2N2CCCCC2)cc1C. The molecule has 1 aromatic heterocycles. The van der Waals surface area contributed by atoms with Crippen molar-refractivity contribution < 1.29 is 17.8 Å². The Morgan fingerprint density at radius 1 is 0.964 bits per heavy atom. The highest BCUT2D eigenvalue weighted by Crippen LogP contribution is 2.36. The van der Waals surface area contributed by atoms with Crippen LogP contribution in [0, 0.1) is 19.7 Å². The third-order valence-electron chi connectivity index (χ3n) is 5.58. The maximum Gasteiger partial charge on any atom is 0.214 e. The number of anilines is 1. The first-order chi connectivity index (χ1) is 13.4. The molecule has 0 unspecified atom stereocenters. The van der Waals surface area contributed by atoms with Crippen LogP contribution in [0.1, 0.15) is 30.4 Å². The summed E-state index contributed by atoms with van der Waals surface area (Å²) in [6, 6.07) is 9.65. The molecule has 2 heterocycles. The lowest BCUT2D eigenvalue weighted by atomic mass is 10.1. The van der Waals surface area contributed by atoms with E-state index < -0.39 is 9.84 Å². The van der Waals surface area contributed by atoms with Gasteiger partial charge < -0.3 is 4.90 Å². The van der Waals surface area contributed by atoms with Crippen LogP contribution in [-0.2, 0) is 9.84 Å². The lowest BCUT2D eigenvalue weighted by molar-refractivity contribution is -0.347. The summed E-state index contributed by atoms with van der Waals surface area (Å²) in [5.41, 5.74) is 3.30. The summed E-state index contributed by atoms with van der Waals surface area (Å²) in [6.07, 6.45) is 4.67. The highest BCUT2D eigenvalue weighted by atomic mass is 32.2. The Labute approximate surface area is 164 Å². The standard InChI is InChI=1S/C22H23FN2O2S/c1-15-6-8-18(12-16(15)2)28(26,27)21-14-24-20-9-7-17(23)13-19(20)22(21)25-10-4-3-5-11-25/h6-9,12-14H,3-5,10-11H2,1-2H3/p+1. The van der Waals surface area contributed by atoms with Crippen LogP contribution in [0.4, 0.5) is 10.1 Å². The molecule has 2 aromatic carbocycles. The number of piperidine rings is 1. The number of aromatic amines is 1. The van der Waals surface area contributed by atoms with E-state index in [-0.39, 0.29) is 15.6 Å². The molecule has 0 amide bonds. The smallest absolute Gasteiger partial charge is 0.214 e. The minimum Gasteiger partial charge on any atom is -0.370 e. The molecule has 0 saturated carbocycles. The Morgan fingerprint density at radius 2 is 1.71 bits per heavy atom. The molecule has 1 N–H and O–H groups in total. The highest BCUT2D eigenvalue weighted by molar-refractivity contribution is 7.91. The first kappa shape index (κ1) is 18.9. The zero-order valence-corrected chi connectivity index (χ0v) is 16.9. The van der Waals surface area contributed by atoms with Gasteiger partial charge in [0.25, 0.3) is 0 Å². The number of nitrogens with zero attached hydrogens (tertiary/aromatic N) is 1. The van der Waals surface area contributed by atoms with Crippen molar-refractivity contribution in [1.82, 2.24) is 0 Å². The molecule has 4 rings (SSSR count). The van der Waals surface area contributed by atoms with Crippen LogP contribution in [0.15, 0.2) is 52.4 Å². The van der Waals surface area contributed by atoms with Crippen LogP contribution in [-0.4, -0.2) is 21.5 Å².